The van der Waals surface area contributed by atoms with E-state index in [1.54, 1.807) is 0 Å². The molecule has 2 aromatic heterocycles. The van der Waals surface area contributed by atoms with E-state index in [1.807, 2.05) is 23.6 Å². The number of piperazine rings is 1. The van der Waals surface area contributed by atoms with Gasteiger partial charge in [-0.15, -0.1) is 6.42 Å². The van der Waals surface area contributed by atoms with Crippen LogP contribution in [0.25, 0.3) is 32.9 Å². The van der Waals surface area contributed by atoms with Crippen LogP contribution in [-0.4, -0.2) is 104 Å². The molecule has 5 aliphatic heterocycles. The van der Waals surface area contributed by atoms with Crippen molar-refractivity contribution in [3.8, 4) is 35.4 Å². The number of aromatic hydroxyl groups is 1. The number of carbonyl (C=O) groups is 2. The molecular weight excluding hydrogens is 701 g/mol. The van der Waals surface area contributed by atoms with E-state index in [2.05, 4.69) is 20.8 Å². The number of carbonyl (C=O) groups excluding carboxylic acids is 2. The average molecular weight is 741 g/mol. The summed E-state index contributed by atoms with van der Waals surface area (Å²) in [5, 5.41) is 11.5. The summed E-state index contributed by atoms with van der Waals surface area (Å²) in [6.07, 6.45) is 8.80. The number of cyclic esters (lactones) is 1. The van der Waals surface area contributed by atoms with Crippen LogP contribution in [0.5, 0.6) is 11.8 Å². The predicted octanol–water partition coefficient (Wildman–Crippen LogP) is 5.14. The van der Waals surface area contributed by atoms with Crippen molar-refractivity contribution in [3.63, 3.8) is 0 Å². The molecule has 14 heteroatoms. The number of amides is 1. The third-order valence-corrected chi connectivity index (χ3v) is 12.2. The number of phenols is 1. The highest BCUT2D eigenvalue weighted by molar-refractivity contribution is 6.03. The van der Waals surface area contributed by atoms with E-state index in [4.69, 9.17) is 20.9 Å². The van der Waals surface area contributed by atoms with Crippen LogP contribution in [0.4, 0.5) is 19.0 Å². The first-order valence-electron chi connectivity index (χ1n) is 18.5. The number of pyridine rings is 1. The van der Waals surface area contributed by atoms with Gasteiger partial charge in [0.25, 0.3) is 5.91 Å². The van der Waals surface area contributed by atoms with Gasteiger partial charge in [0.2, 0.25) is 0 Å². The Morgan fingerprint density at radius 3 is 2.67 bits per heavy atom. The lowest BCUT2D eigenvalue weighted by atomic mass is 9.85. The van der Waals surface area contributed by atoms with Crippen LogP contribution < -0.4 is 9.64 Å². The Kier molecular flexibility index (Phi) is 8.15. The summed E-state index contributed by atoms with van der Waals surface area (Å²) in [5.41, 5.74) is -0.847. The minimum Gasteiger partial charge on any atom is -0.508 e. The van der Waals surface area contributed by atoms with Gasteiger partial charge in [-0.25, -0.2) is 13.2 Å². The maximum absolute atomic E-state index is 17.1. The first-order valence-corrected chi connectivity index (χ1v) is 18.5. The Labute approximate surface area is 309 Å². The molecule has 4 aromatic rings. The van der Waals surface area contributed by atoms with Gasteiger partial charge in [0.05, 0.1) is 16.5 Å². The van der Waals surface area contributed by atoms with Crippen molar-refractivity contribution in [2.45, 2.75) is 75.8 Å². The number of esters is 1. The number of hydrogen-bond acceptors (Lipinski definition) is 10. The first kappa shape index (κ1) is 34.6. The van der Waals surface area contributed by atoms with Gasteiger partial charge in [0.15, 0.2) is 11.9 Å². The molecule has 2 aromatic carbocycles. The Hall–Kier alpha value is -5.16. The molecule has 11 nitrogen and oxygen atoms in total. The fourth-order valence-electron chi connectivity index (χ4n) is 9.65. The number of nitrogens with zero attached hydrogens (tertiary/aromatic N) is 6. The average Bonchev–Trinajstić information content (AvgIpc) is 3.75. The van der Waals surface area contributed by atoms with Gasteiger partial charge in [0, 0.05) is 55.3 Å². The number of fused-ring (bicyclic) bond motifs is 5. The molecule has 2 bridgehead atoms. The van der Waals surface area contributed by atoms with E-state index in [9.17, 15) is 23.5 Å². The zero-order valence-corrected chi connectivity index (χ0v) is 29.9. The number of anilines is 1. The zero-order chi connectivity index (χ0) is 37.6. The molecule has 1 amide bonds. The smallest absolute Gasteiger partial charge is 0.319 e. The highest BCUT2D eigenvalue weighted by atomic mass is 19.1. The molecule has 5 saturated heterocycles. The summed E-state index contributed by atoms with van der Waals surface area (Å²) in [6, 6.07) is 4.83. The molecule has 7 heterocycles. The van der Waals surface area contributed by atoms with E-state index in [1.165, 1.54) is 30.5 Å². The van der Waals surface area contributed by atoms with Crippen molar-refractivity contribution in [2.24, 2.45) is 11.8 Å². The molecule has 9 rings (SSSR count). The van der Waals surface area contributed by atoms with Gasteiger partial charge in [-0.3, -0.25) is 19.5 Å². The molecule has 54 heavy (non-hydrogen) atoms. The number of hydrogen-bond donors (Lipinski definition) is 1. The third-order valence-electron chi connectivity index (χ3n) is 12.2. The topological polar surface area (TPSA) is 121 Å². The summed E-state index contributed by atoms with van der Waals surface area (Å²) in [6.45, 7) is 5.75. The molecule has 280 valence electrons. The van der Waals surface area contributed by atoms with Gasteiger partial charge < -0.3 is 24.4 Å². The largest absolute Gasteiger partial charge is 0.508 e. The van der Waals surface area contributed by atoms with Crippen LogP contribution in [0.15, 0.2) is 30.5 Å². The minimum atomic E-state index is -0.975. The van der Waals surface area contributed by atoms with Gasteiger partial charge in [-0.1, -0.05) is 25.8 Å². The number of aromatic nitrogens is 3. The summed E-state index contributed by atoms with van der Waals surface area (Å²) < 4.78 is 58.3. The number of phenolic OH excluding ortho intramolecular Hbond substituents is 1. The quantitative estimate of drug-likeness (QED) is 0.202. The number of alkyl halides is 1. The highest BCUT2D eigenvalue weighted by Crippen LogP contribution is 2.43. The Bertz CT molecular complexity index is 2270. The van der Waals surface area contributed by atoms with Crippen molar-refractivity contribution in [1.29, 1.82) is 0 Å². The maximum atomic E-state index is 17.1. The molecule has 0 aliphatic carbocycles. The van der Waals surface area contributed by atoms with Crippen molar-refractivity contribution in [2.75, 3.05) is 37.7 Å². The maximum Gasteiger partial charge on any atom is 0.319 e. The van der Waals surface area contributed by atoms with Crippen LogP contribution in [0.2, 0.25) is 0 Å². The molecular formula is C40H39F3N6O5. The molecule has 1 N–H and O–H groups in total. The SMILES string of the molecule is C#Cc1c(F)ccc2cc(O)cc(-c3ncc4c(N5CC6CCC(C5)N6C(=O)[C@H]5OC(=O)[C@H]5C(C)C)nc(OC[C@@]56CCCN5C[C@H](F)C6)nc4c3F)c12. The number of halogens is 3. The Morgan fingerprint density at radius 1 is 1.17 bits per heavy atom. The van der Waals surface area contributed by atoms with Gasteiger partial charge in [0.1, 0.15) is 47.3 Å². The fourth-order valence-corrected chi connectivity index (χ4v) is 9.65. The van der Waals surface area contributed by atoms with Gasteiger partial charge in [-0.2, -0.15) is 9.97 Å². The summed E-state index contributed by atoms with van der Waals surface area (Å²) in [7, 11) is 0. The van der Waals surface area contributed by atoms with Crippen molar-refractivity contribution >= 4 is 39.4 Å². The normalized spacial score (nSPS) is 27.7. The Balaban J connectivity index is 1.12. The number of benzene rings is 2. The van der Waals surface area contributed by atoms with Crippen molar-refractivity contribution < 1.29 is 37.3 Å². The van der Waals surface area contributed by atoms with Crippen molar-refractivity contribution in [3.05, 3.63) is 47.7 Å². The number of ether oxygens (including phenoxy) is 2. The van der Waals surface area contributed by atoms with E-state index in [0.717, 1.165) is 32.2 Å². The molecule has 6 atom stereocenters. The number of rotatable bonds is 7. The van der Waals surface area contributed by atoms with Crippen LogP contribution in [0.3, 0.4) is 0 Å². The molecule has 0 radical (unpaired) electrons. The molecule has 0 spiro atoms. The number of terminal acetylenes is 1. The molecule has 5 aliphatic rings. The lowest BCUT2D eigenvalue weighted by Gasteiger charge is -2.45. The fraction of sp³-hybridized carbons (Fsp3) is 0.475. The monoisotopic (exact) mass is 740 g/mol. The van der Waals surface area contributed by atoms with E-state index in [0.29, 0.717) is 37.3 Å². The minimum absolute atomic E-state index is 0.0388. The van der Waals surface area contributed by atoms with Crippen LogP contribution >= 0.6 is 0 Å². The second-order valence-electron chi connectivity index (χ2n) is 15.7. The van der Waals surface area contributed by atoms with Crippen molar-refractivity contribution in [1.82, 2.24) is 24.8 Å². The third kappa shape index (κ3) is 5.33. The molecule has 2 unspecified atom stereocenters. The second kappa shape index (κ2) is 12.7. The predicted molar refractivity (Wildman–Crippen MR) is 192 cm³/mol. The highest BCUT2D eigenvalue weighted by Gasteiger charge is 2.54. The van der Waals surface area contributed by atoms with E-state index < -0.39 is 35.4 Å². The summed E-state index contributed by atoms with van der Waals surface area (Å²) in [4.78, 5) is 45.8. The van der Waals surface area contributed by atoms with Crippen LogP contribution in [0, 0.1) is 35.8 Å². The van der Waals surface area contributed by atoms with E-state index >= 15 is 4.39 Å². The van der Waals surface area contributed by atoms with Crippen LogP contribution in [-0.2, 0) is 14.3 Å². The zero-order valence-electron chi connectivity index (χ0n) is 29.9. The lowest BCUT2D eigenvalue weighted by molar-refractivity contribution is -0.197. The summed E-state index contributed by atoms with van der Waals surface area (Å²) in [5.74, 6) is -0.0805. The van der Waals surface area contributed by atoms with Crippen LogP contribution in [0.1, 0.15) is 51.5 Å². The Morgan fingerprint density at radius 2 is 1.94 bits per heavy atom. The van der Waals surface area contributed by atoms with Gasteiger partial charge >= 0.3 is 12.0 Å². The second-order valence-corrected chi connectivity index (χ2v) is 15.7. The lowest BCUT2D eigenvalue weighted by Crippen LogP contribution is -2.63. The first-order chi connectivity index (χ1) is 26.0. The summed E-state index contributed by atoms with van der Waals surface area (Å²) >= 11 is 0. The molecule has 0 saturated carbocycles. The van der Waals surface area contributed by atoms with E-state index in [-0.39, 0.29) is 81.4 Å². The molecule has 5 fully saturated rings. The standard InChI is InChI=1S/C40H39F3N6O5/c1-4-26-29(42)9-6-21-12-25(50)13-27(31(21)26)33-32(43)34-28(15-44-33)36(46-39(45-34)53-19-40-10-5-11-48(40)16-22(41)14-40)47-17-23-7-8-24(18-47)49(23)37(51)35-30(20(2)3)38(52)54-35/h1,6,9,12-13,15,20,22-24,30,35,50H,5,7-8,10-11,14,16-19H2,2-3H3/t22-,23?,24?,30+,35+,40+/m1/s1. The van der Waals surface area contributed by atoms with Gasteiger partial charge in [-0.05, 0) is 61.7 Å².